The molecule has 0 radical (unpaired) electrons. The predicted octanol–water partition coefficient (Wildman–Crippen LogP) is 3.82. The summed E-state index contributed by atoms with van der Waals surface area (Å²) in [6.07, 6.45) is 0.429. The van der Waals surface area contributed by atoms with Crippen LogP contribution in [0.4, 0.5) is 0 Å². The highest BCUT2D eigenvalue weighted by Gasteiger charge is 2.10. The van der Waals surface area contributed by atoms with Gasteiger partial charge >= 0.3 is 11.6 Å². The van der Waals surface area contributed by atoms with Crippen LogP contribution < -0.4 is 10.4 Å². The van der Waals surface area contributed by atoms with Gasteiger partial charge in [0.25, 0.3) is 0 Å². The van der Waals surface area contributed by atoms with Crippen molar-refractivity contribution in [2.45, 2.75) is 26.9 Å². The Morgan fingerprint density at radius 1 is 1.04 bits per heavy atom. The number of aryl methyl sites for hydroxylation is 1. The number of carbonyl (C=O) groups is 2. The number of benzene rings is 2. The quantitative estimate of drug-likeness (QED) is 0.352. The SMILES string of the molecule is CCC(=O)c1ccc(OCC(=O)OCc2cc(=O)oc3cc(C)ccc23)cc1. The van der Waals surface area contributed by atoms with E-state index in [0.29, 0.717) is 28.9 Å². The summed E-state index contributed by atoms with van der Waals surface area (Å²) in [5.41, 5.74) is 2.09. The molecule has 0 aliphatic rings. The van der Waals surface area contributed by atoms with Crippen molar-refractivity contribution in [1.29, 1.82) is 0 Å². The lowest BCUT2D eigenvalue weighted by Crippen LogP contribution is -2.15. The van der Waals surface area contributed by atoms with Gasteiger partial charge in [0, 0.05) is 29.0 Å². The molecule has 0 amide bonds. The molecule has 0 spiro atoms. The summed E-state index contributed by atoms with van der Waals surface area (Å²) in [6, 6.07) is 13.4. The lowest BCUT2D eigenvalue weighted by Gasteiger charge is -2.09. The summed E-state index contributed by atoms with van der Waals surface area (Å²) in [4.78, 5) is 35.3. The van der Waals surface area contributed by atoms with Crippen LogP contribution in [0.5, 0.6) is 5.75 Å². The third kappa shape index (κ3) is 4.65. The molecular weight excluding hydrogens is 360 g/mol. The lowest BCUT2D eigenvalue weighted by atomic mass is 10.1. The van der Waals surface area contributed by atoms with Crippen LogP contribution >= 0.6 is 0 Å². The van der Waals surface area contributed by atoms with Crippen LogP contribution in [0.2, 0.25) is 0 Å². The van der Waals surface area contributed by atoms with Crippen LogP contribution in [-0.4, -0.2) is 18.4 Å². The fourth-order valence-electron chi connectivity index (χ4n) is 2.74. The molecule has 0 saturated heterocycles. The van der Waals surface area contributed by atoms with Gasteiger partial charge in [-0.15, -0.1) is 0 Å². The molecule has 6 heteroatoms. The number of rotatable bonds is 7. The van der Waals surface area contributed by atoms with Crippen molar-refractivity contribution in [3.63, 3.8) is 0 Å². The van der Waals surface area contributed by atoms with E-state index in [4.69, 9.17) is 13.9 Å². The van der Waals surface area contributed by atoms with Gasteiger partial charge in [-0.25, -0.2) is 9.59 Å². The minimum atomic E-state index is -0.567. The van der Waals surface area contributed by atoms with Crippen molar-refractivity contribution < 1.29 is 23.5 Å². The molecule has 0 N–H and O–H groups in total. The Hall–Kier alpha value is -3.41. The van der Waals surface area contributed by atoms with E-state index in [1.807, 2.05) is 19.1 Å². The fraction of sp³-hybridized carbons (Fsp3) is 0.227. The third-order valence-corrected chi connectivity index (χ3v) is 4.23. The maximum Gasteiger partial charge on any atom is 0.344 e. The second-order valence-electron chi connectivity index (χ2n) is 6.34. The Balaban J connectivity index is 1.60. The molecule has 6 nitrogen and oxygen atoms in total. The van der Waals surface area contributed by atoms with E-state index in [1.165, 1.54) is 6.07 Å². The van der Waals surface area contributed by atoms with E-state index in [9.17, 15) is 14.4 Å². The summed E-state index contributed by atoms with van der Waals surface area (Å²) >= 11 is 0. The Bertz CT molecular complexity index is 1060. The Labute approximate surface area is 161 Å². The molecule has 0 saturated carbocycles. The molecule has 1 heterocycles. The maximum atomic E-state index is 12.0. The van der Waals surface area contributed by atoms with Gasteiger partial charge in [-0.3, -0.25) is 4.79 Å². The number of Topliss-reactive ketones (excluding diaryl/α,β-unsaturated/α-hetero) is 1. The van der Waals surface area contributed by atoms with Crippen molar-refractivity contribution in [1.82, 2.24) is 0 Å². The van der Waals surface area contributed by atoms with Crippen LogP contribution in [0.3, 0.4) is 0 Å². The number of hydrogen-bond acceptors (Lipinski definition) is 6. The summed E-state index contributed by atoms with van der Waals surface area (Å²) in [6.45, 7) is 3.36. The summed E-state index contributed by atoms with van der Waals surface area (Å²) < 4.78 is 15.8. The molecule has 0 aliphatic carbocycles. The summed E-state index contributed by atoms with van der Waals surface area (Å²) in [5, 5.41) is 0.718. The van der Waals surface area contributed by atoms with E-state index in [1.54, 1.807) is 37.3 Å². The highest BCUT2D eigenvalue weighted by molar-refractivity contribution is 5.95. The molecule has 0 atom stereocenters. The van der Waals surface area contributed by atoms with Crippen LogP contribution in [0.15, 0.2) is 57.7 Å². The molecule has 3 rings (SSSR count). The fourth-order valence-corrected chi connectivity index (χ4v) is 2.74. The first-order valence-corrected chi connectivity index (χ1v) is 8.91. The third-order valence-electron chi connectivity index (χ3n) is 4.23. The first kappa shape index (κ1) is 19.4. The second-order valence-corrected chi connectivity index (χ2v) is 6.34. The van der Waals surface area contributed by atoms with Gasteiger partial charge in [-0.2, -0.15) is 0 Å². The molecule has 0 unspecified atom stereocenters. The van der Waals surface area contributed by atoms with Crippen LogP contribution in [0.1, 0.15) is 34.8 Å². The van der Waals surface area contributed by atoms with Crippen molar-refractivity contribution in [3.8, 4) is 5.75 Å². The van der Waals surface area contributed by atoms with Crippen molar-refractivity contribution in [3.05, 3.63) is 75.6 Å². The Kier molecular flexibility index (Phi) is 5.89. The largest absolute Gasteiger partial charge is 0.482 e. The number of carbonyl (C=O) groups excluding carboxylic acids is 2. The summed E-state index contributed by atoms with van der Waals surface area (Å²) in [5.74, 6) is -0.0613. The predicted molar refractivity (Wildman–Crippen MR) is 104 cm³/mol. The smallest absolute Gasteiger partial charge is 0.344 e. The van der Waals surface area contributed by atoms with Crippen LogP contribution in [-0.2, 0) is 16.1 Å². The number of esters is 1. The normalized spacial score (nSPS) is 10.6. The Morgan fingerprint density at radius 3 is 2.50 bits per heavy atom. The van der Waals surface area contributed by atoms with Gasteiger partial charge in [0.1, 0.15) is 17.9 Å². The van der Waals surface area contributed by atoms with E-state index < -0.39 is 11.6 Å². The van der Waals surface area contributed by atoms with Gasteiger partial charge < -0.3 is 13.9 Å². The average Bonchev–Trinajstić information content (AvgIpc) is 2.69. The molecule has 28 heavy (non-hydrogen) atoms. The molecule has 3 aromatic rings. The first-order chi connectivity index (χ1) is 13.5. The number of ether oxygens (including phenoxy) is 2. The second kappa shape index (κ2) is 8.52. The van der Waals surface area contributed by atoms with Crippen molar-refractivity contribution in [2.24, 2.45) is 0 Å². The molecule has 0 fully saturated rings. The highest BCUT2D eigenvalue weighted by atomic mass is 16.6. The molecular formula is C22H20O6. The Morgan fingerprint density at radius 2 is 1.79 bits per heavy atom. The molecule has 144 valence electrons. The van der Waals surface area contributed by atoms with Crippen LogP contribution in [0, 0.1) is 6.92 Å². The maximum absolute atomic E-state index is 12.0. The molecule has 2 aromatic carbocycles. The van der Waals surface area contributed by atoms with Gasteiger partial charge in [-0.1, -0.05) is 19.1 Å². The molecule has 0 bridgehead atoms. The van der Waals surface area contributed by atoms with E-state index in [0.717, 1.165) is 10.9 Å². The topological polar surface area (TPSA) is 82.8 Å². The molecule has 0 aliphatic heterocycles. The molecule has 1 aromatic heterocycles. The standard InChI is InChI=1S/C22H20O6/c1-3-19(23)15-5-7-17(8-6-15)26-13-22(25)27-12-16-11-21(24)28-20-10-14(2)4-9-18(16)20/h4-11H,3,12-13H2,1-2H3. The van der Waals surface area contributed by atoms with E-state index in [-0.39, 0.29) is 19.0 Å². The zero-order valence-corrected chi connectivity index (χ0v) is 15.7. The van der Waals surface area contributed by atoms with Crippen LogP contribution in [0.25, 0.3) is 11.0 Å². The van der Waals surface area contributed by atoms with E-state index in [2.05, 4.69) is 0 Å². The monoisotopic (exact) mass is 380 g/mol. The zero-order chi connectivity index (χ0) is 20.1. The van der Waals surface area contributed by atoms with Gasteiger partial charge in [0.15, 0.2) is 12.4 Å². The van der Waals surface area contributed by atoms with Crippen molar-refractivity contribution in [2.75, 3.05) is 6.61 Å². The minimum Gasteiger partial charge on any atom is -0.482 e. The minimum absolute atomic E-state index is 0.0423. The van der Waals surface area contributed by atoms with Gasteiger partial charge in [0.05, 0.1) is 0 Å². The van der Waals surface area contributed by atoms with E-state index >= 15 is 0 Å². The van der Waals surface area contributed by atoms with Crippen molar-refractivity contribution >= 4 is 22.7 Å². The number of fused-ring (bicyclic) bond motifs is 1. The lowest BCUT2D eigenvalue weighted by molar-refractivity contribution is -0.147. The number of hydrogen-bond donors (Lipinski definition) is 0. The van der Waals surface area contributed by atoms with Gasteiger partial charge in [-0.05, 0) is 42.8 Å². The van der Waals surface area contributed by atoms with Gasteiger partial charge in [0.2, 0.25) is 0 Å². The summed E-state index contributed by atoms with van der Waals surface area (Å²) in [7, 11) is 0. The average molecular weight is 380 g/mol. The first-order valence-electron chi connectivity index (χ1n) is 8.91. The zero-order valence-electron chi connectivity index (χ0n) is 15.7. The highest BCUT2D eigenvalue weighted by Crippen LogP contribution is 2.19. The number of ketones is 1.